The van der Waals surface area contributed by atoms with Gasteiger partial charge in [-0.25, -0.2) is 15.0 Å². The molecule has 0 aliphatic rings. The summed E-state index contributed by atoms with van der Waals surface area (Å²) in [6.45, 7) is 1.89. The number of amides is 1. The molecule has 0 unspecified atom stereocenters. The van der Waals surface area contributed by atoms with E-state index in [0.717, 1.165) is 5.56 Å². The molecule has 0 fully saturated rings. The summed E-state index contributed by atoms with van der Waals surface area (Å²) in [7, 11) is 0. The number of rotatable bonds is 8. The third kappa shape index (κ3) is 7.74. The predicted octanol–water partition coefficient (Wildman–Crippen LogP) is 6.25. The van der Waals surface area contributed by atoms with Gasteiger partial charge in [0.05, 0.1) is 11.8 Å². The monoisotopic (exact) mass is 538 g/mol. The zero-order valence-corrected chi connectivity index (χ0v) is 21.6. The second kappa shape index (κ2) is 13.0. The van der Waals surface area contributed by atoms with Gasteiger partial charge in [-0.3, -0.25) is 4.79 Å². The lowest BCUT2D eigenvalue weighted by atomic mass is 10.1. The summed E-state index contributed by atoms with van der Waals surface area (Å²) < 4.78 is 11.0. The molecule has 4 aromatic rings. The topological polar surface area (TPSA) is 94.1 Å². The third-order valence-corrected chi connectivity index (χ3v) is 5.63. The van der Waals surface area contributed by atoms with Crippen molar-refractivity contribution in [2.24, 2.45) is 5.10 Å². The van der Waals surface area contributed by atoms with Crippen molar-refractivity contribution in [1.82, 2.24) is 5.43 Å². The van der Waals surface area contributed by atoms with E-state index in [-0.39, 0.29) is 5.75 Å². The van der Waals surface area contributed by atoms with Gasteiger partial charge in [0.1, 0.15) is 11.5 Å². The maximum atomic E-state index is 12.6. The predicted molar refractivity (Wildman–Crippen MR) is 150 cm³/mol. The molecule has 0 aromatic heterocycles. The molecule has 1 N–H and O–H groups in total. The van der Waals surface area contributed by atoms with E-state index >= 15 is 0 Å². The SMILES string of the molecule is Cc1cccc(C(=O)Oc2ccccc2C=CC(=O)Oc2ccccc2C=NNC(=O)c2ccc(Cl)cc2)c1. The highest BCUT2D eigenvalue weighted by Gasteiger charge is 2.12. The number of carbonyl (C=O) groups excluding carboxylic acids is 3. The van der Waals surface area contributed by atoms with E-state index < -0.39 is 17.8 Å². The van der Waals surface area contributed by atoms with Crippen molar-refractivity contribution in [3.63, 3.8) is 0 Å². The van der Waals surface area contributed by atoms with Gasteiger partial charge in [-0.1, -0.05) is 59.6 Å². The molecule has 0 atom stereocenters. The fourth-order valence-corrected chi connectivity index (χ4v) is 3.57. The molecule has 4 aromatic carbocycles. The third-order valence-electron chi connectivity index (χ3n) is 5.38. The van der Waals surface area contributed by atoms with Gasteiger partial charge in [0.15, 0.2) is 0 Å². The van der Waals surface area contributed by atoms with Crippen LogP contribution >= 0.6 is 11.6 Å². The summed E-state index contributed by atoms with van der Waals surface area (Å²) in [6.07, 6.45) is 4.11. The highest BCUT2D eigenvalue weighted by atomic mass is 35.5. The van der Waals surface area contributed by atoms with Gasteiger partial charge in [-0.2, -0.15) is 5.10 Å². The lowest BCUT2D eigenvalue weighted by molar-refractivity contribution is -0.128. The molecule has 0 saturated heterocycles. The van der Waals surface area contributed by atoms with Gasteiger partial charge >= 0.3 is 11.9 Å². The Kier molecular flexibility index (Phi) is 9.00. The Hall–Kier alpha value is -5.01. The van der Waals surface area contributed by atoms with Crippen LogP contribution in [0.1, 0.15) is 37.4 Å². The molecule has 1 amide bonds. The zero-order valence-electron chi connectivity index (χ0n) is 20.8. The number of esters is 2. The van der Waals surface area contributed by atoms with E-state index in [1.54, 1.807) is 91.0 Å². The maximum absolute atomic E-state index is 12.6. The maximum Gasteiger partial charge on any atom is 0.343 e. The molecule has 0 aliphatic carbocycles. The van der Waals surface area contributed by atoms with E-state index in [2.05, 4.69) is 10.5 Å². The minimum absolute atomic E-state index is 0.246. The van der Waals surface area contributed by atoms with Gasteiger partial charge in [0.25, 0.3) is 5.91 Å². The van der Waals surface area contributed by atoms with Crippen molar-refractivity contribution in [2.75, 3.05) is 0 Å². The van der Waals surface area contributed by atoms with Crippen molar-refractivity contribution in [1.29, 1.82) is 0 Å². The summed E-state index contributed by atoms with van der Waals surface area (Å²) in [5.41, 5.74) is 5.18. The first-order valence-corrected chi connectivity index (χ1v) is 12.2. The van der Waals surface area contributed by atoms with Crippen LogP contribution in [0.25, 0.3) is 6.08 Å². The van der Waals surface area contributed by atoms with E-state index in [1.807, 2.05) is 13.0 Å². The van der Waals surface area contributed by atoms with Crippen LogP contribution in [0, 0.1) is 6.92 Å². The molecule has 0 saturated carbocycles. The number of nitrogens with one attached hydrogen (secondary N) is 1. The molecule has 0 aliphatic heterocycles. The second-order valence-corrected chi connectivity index (χ2v) is 8.73. The van der Waals surface area contributed by atoms with Crippen molar-refractivity contribution in [3.05, 3.63) is 136 Å². The number of hydrogen-bond acceptors (Lipinski definition) is 6. The number of hydrazone groups is 1. The van der Waals surface area contributed by atoms with E-state index in [0.29, 0.717) is 33.0 Å². The van der Waals surface area contributed by atoms with Gasteiger partial charge in [-0.15, -0.1) is 0 Å². The first-order valence-electron chi connectivity index (χ1n) is 11.8. The molecule has 0 heterocycles. The smallest absolute Gasteiger partial charge is 0.343 e. The number of ether oxygens (including phenoxy) is 2. The van der Waals surface area contributed by atoms with Crippen LogP contribution in [-0.4, -0.2) is 24.1 Å². The molecule has 4 rings (SSSR count). The fourth-order valence-electron chi connectivity index (χ4n) is 3.45. The van der Waals surface area contributed by atoms with Crippen molar-refractivity contribution >= 4 is 41.7 Å². The van der Waals surface area contributed by atoms with Crippen LogP contribution in [0.4, 0.5) is 0 Å². The quantitative estimate of drug-likeness (QED) is 0.0940. The Morgan fingerprint density at radius 1 is 0.769 bits per heavy atom. The Labute approximate surface area is 230 Å². The average molecular weight is 539 g/mol. The number of halogens is 1. The first-order chi connectivity index (χ1) is 18.9. The Bertz CT molecular complexity index is 1560. The van der Waals surface area contributed by atoms with Crippen LogP contribution in [-0.2, 0) is 4.79 Å². The van der Waals surface area contributed by atoms with Crippen molar-refractivity contribution in [3.8, 4) is 11.5 Å². The molecule has 194 valence electrons. The zero-order chi connectivity index (χ0) is 27.6. The van der Waals surface area contributed by atoms with E-state index in [1.165, 1.54) is 18.4 Å². The van der Waals surface area contributed by atoms with Crippen LogP contribution in [0.5, 0.6) is 11.5 Å². The highest BCUT2D eigenvalue weighted by molar-refractivity contribution is 6.30. The van der Waals surface area contributed by atoms with Crippen LogP contribution in [0.3, 0.4) is 0 Å². The van der Waals surface area contributed by atoms with Gasteiger partial charge in [-0.05, 0) is 67.6 Å². The molecule has 0 spiro atoms. The van der Waals surface area contributed by atoms with Gasteiger partial charge < -0.3 is 9.47 Å². The lowest BCUT2D eigenvalue weighted by Gasteiger charge is -2.08. The standard InChI is InChI=1S/C31H23ClN2O5/c1-21-7-6-10-24(19-21)31(37)39-27-11-4-2-8-22(27)15-18-29(35)38-28-12-5-3-9-25(28)20-33-34-30(36)23-13-16-26(32)17-14-23/h2-20H,1H3,(H,34,36). The van der Waals surface area contributed by atoms with Gasteiger partial charge in [0, 0.05) is 27.8 Å². The number of nitrogens with zero attached hydrogens (tertiary/aromatic N) is 1. The van der Waals surface area contributed by atoms with Crippen LogP contribution in [0.2, 0.25) is 5.02 Å². The fraction of sp³-hybridized carbons (Fsp3) is 0.0323. The summed E-state index contributed by atoms with van der Waals surface area (Å²) in [5, 5.41) is 4.48. The molecule has 0 radical (unpaired) electrons. The van der Waals surface area contributed by atoms with Gasteiger partial charge in [0.2, 0.25) is 0 Å². The average Bonchev–Trinajstić information content (AvgIpc) is 2.94. The molecular formula is C31H23ClN2O5. The Morgan fingerprint density at radius 3 is 2.15 bits per heavy atom. The van der Waals surface area contributed by atoms with Crippen molar-refractivity contribution in [2.45, 2.75) is 6.92 Å². The number of benzene rings is 4. The highest BCUT2D eigenvalue weighted by Crippen LogP contribution is 2.22. The summed E-state index contributed by atoms with van der Waals surface area (Å²) in [4.78, 5) is 37.4. The number of aryl methyl sites for hydroxylation is 1. The van der Waals surface area contributed by atoms with Crippen LogP contribution < -0.4 is 14.9 Å². The summed E-state index contributed by atoms with van der Waals surface area (Å²) in [5.74, 6) is -1.02. The van der Waals surface area contributed by atoms with Crippen LogP contribution in [0.15, 0.2) is 108 Å². The number of hydrogen-bond donors (Lipinski definition) is 1. The number of para-hydroxylation sites is 2. The lowest BCUT2D eigenvalue weighted by Crippen LogP contribution is -2.17. The normalized spacial score (nSPS) is 10.9. The van der Waals surface area contributed by atoms with E-state index in [4.69, 9.17) is 21.1 Å². The molecule has 39 heavy (non-hydrogen) atoms. The summed E-state index contributed by atoms with van der Waals surface area (Å²) in [6, 6.07) is 27.0. The molecule has 7 nitrogen and oxygen atoms in total. The second-order valence-electron chi connectivity index (χ2n) is 8.30. The first kappa shape index (κ1) is 27.0. The number of carbonyl (C=O) groups is 3. The largest absolute Gasteiger partial charge is 0.423 e. The minimum Gasteiger partial charge on any atom is -0.423 e. The van der Waals surface area contributed by atoms with E-state index in [9.17, 15) is 14.4 Å². The minimum atomic E-state index is -0.652. The molecule has 8 heteroatoms. The van der Waals surface area contributed by atoms with Crippen molar-refractivity contribution < 1.29 is 23.9 Å². The Balaban J connectivity index is 1.40. The Morgan fingerprint density at radius 2 is 1.44 bits per heavy atom. The molecular weight excluding hydrogens is 516 g/mol. The summed E-state index contributed by atoms with van der Waals surface area (Å²) >= 11 is 5.85. The molecule has 0 bridgehead atoms.